The molecule has 0 bridgehead atoms. The summed E-state index contributed by atoms with van der Waals surface area (Å²) in [6.07, 6.45) is 0.576. The van der Waals surface area contributed by atoms with E-state index in [0.29, 0.717) is 28.6 Å². The van der Waals surface area contributed by atoms with Crippen molar-refractivity contribution in [2.75, 3.05) is 26.1 Å². The Morgan fingerprint density at radius 3 is 2.33 bits per heavy atom. The van der Waals surface area contributed by atoms with Crippen LogP contribution in [0.2, 0.25) is 5.02 Å². The van der Waals surface area contributed by atoms with Gasteiger partial charge in [-0.3, -0.25) is 9.59 Å². The highest BCUT2D eigenvalue weighted by Gasteiger charge is 2.21. The van der Waals surface area contributed by atoms with Crippen LogP contribution in [0.3, 0.4) is 0 Å². The van der Waals surface area contributed by atoms with Gasteiger partial charge in [-0.05, 0) is 12.0 Å². The van der Waals surface area contributed by atoms with E-state index in [1.54, 1.807) is 6.07 Å². The van der Waals surface area contributed by atoms with Crippen molar-refractivity contribution in [2.24, 2.45) is 0 Å². The minimum absolute atomic E-state index is 0.354. The van der Waals surface area contributed by atoms with Gasteiger partial charge in [-0.1, -0.05) is 48.9 Å². The average molecular weight is 392 g/mol. The van der Waals surface area contributed by atoms with Gasteiger partial charge in [0.1, 0.15) is 11.5 Å². The van der Waals surface area contributed by atoms with Crippen LogP contribution in [0.5, 0.6) is 11.5 Å². The highest BCUT2D eigenvalue weighted by atomic mass is 35.5. The highest BCUT2D eigenvalue weighted by molar-refractivity contribution is 6.32. The van der Waals surface area contributed by atoms with E-state index in [4.69, 9.17) is 25.8 Å². The third kappa shape index (κ3) is 5.37. The monoisotopic (exact) mass is 391 g/mol. The third-order valence-electron chi connectivity index (χ3n) is 3.99. The molecule has 0 aliphatic rings. The number of amides is 1. The van der Waals surface area contributed by atoms with Crippen LogP contribution in [0, 0.1) is 0 Å². The Hall–Kier alpha value is -2.73. The first-order chi connectivity index (χ1) is 13.0. The maximum absolute atomic E-state index is 12.3. The molecule has 2 rings (SSSR count). The molecule has 2 aromatic rings. The molecule has 0 aliphatic carbocycles. The van der Waals surface area contributed by atoms with E-state index in [-0.39, 0.29) is 0 Å². The van der Waals surface area contributed by atoms with Gasteiger partial charge in [-0.15, -0.1) is 0 Å². The summed E-state index contributed by atoms with van der Waals surface area (Å²) in [5, 5.41) is 2.99. The molecule has 27 heavy (non-hydrogen) atoms. The molecule has 0 aliphatic heterocycles. The molecule has 1 atom stereocenters. The van der Waals surface area contributed by atoms with Crippen LogP contribution < -0.4 is 14.8 Å². The minimum atomic E-state index is -0.492. The largest absolute Gasteiger partial charge is 0.495 e. The number of ether oxygens (including phenoxy) is 3. The molecule has 0 saturated heterocycles. The molecule has 0 spiro atoms. The van der Waals surface area contributed by atoms with Gasteiger partial charge in [-0.2, -0.15) is 0 Å². The quantitative estimate of drug-likeness (QED) is 0.687. The summed E-state index contributed by atoms with van der Waals surface area (Å²) in [6.45, 7) is 1.49. The van der Waals surface area contributed by atoms with Crippen LogP contribution in [0.15, 0.2) is 42.5 Å². The summed E-state index contributed by atoms with van der Waals surface area (Å²) in [5.41, 5.74) is 1.23. The van der Waals surface area contributed by atoms with Crippen molar-refractivity contribution in [2.45, 2.75) is 19.3 Å². The van der Waals surface area contributed by atoms with Crippen molar-refractivity contribution < 1.29 is 23.8 Å². The van der Waals surface area contributed by atoms with Gasteiger partial charge in [0.15, 0.2) is 6.61 Å². The number of halogens is 1. The second kappa shape index (κ2) is 9.83. The number of carbonyl (C=O) groups is 2. The standard InChI is InChI=1S/C20H22ClNO5/c1-4-14(13-8-6-5-7-9-13)20(24)27-12-19(23)22-16-11-17(25-2)15(21)10-18(16)26-3/h5-11,14H,4,12H2,1-3H3,(H,22,23). The molecule has 0 radical (unpaired) electrons. The van der Waals surface area contributed by atoms with E-state index in [1.807, 2.05) is 37.3 Å². The zero-order chi connectivity index (χ0) is 19.8. The Balaban J connectivity index is 2.01. The Labute approximate surface area is 163 Å². The molecule has 144 valence electrons. The van der Waals surface area contributed by atoms with Gasteiger partial charge < -0.3 is 19.5 Å². The molecular formula is C20H22ClNO5. The molecule has 0 heterocycles. The summed E-state index contributed by atoms with van der Waals surface area (Å²) in [5.74, 6) is -0.589. The van der Waals surface area contributed by atoms with Crippen LogP contribution in [0.4, 0.5) is 5.69 Å². The second-order valence-electron chi connectivity index (χ2n) is 5.71. The fourth-order valence-corrected chi connectivity index (χ4v) is 2.84. The minimum Gasteiger partial charge on any atom is -0.495 e. The molecule has 2 aromatic carbocycles. The van der Waals surface area contributed by atoms with Gasteiger partial charge in [-0.25, -0.2) is 0 Å². The Morgan fingerprint density at radius 1 is 1.07 bits per heavy atom. The lowest BCUT2D eigenvalue weighted by Crippen LogP contribution is -2.24. The van der Waals surface area contributed by atoms with Crippen molar-refractivity contribution in [3.8, 4) is 11.5 Å². The molecule has 0 saturated carbocycles. The lowest BCUT2D eigenvalue weighted by atomic mass is 9.97. The number of anilines is 1. The van der Waals surface area contributed by atoms with Crippen molar-refractivity contribution in [1.82, 2.24) is 0 Å². The molecule has 6 nitrogen and oxygen atoms in total. The first-order valence-electron chi connectivity index (χ1n) is 8.43. The molecule has 0 aromatic heterocycles. The van der Waals surface area contributed by atoms with Gasteiger partial charge in [0, 0.05) is 12.1 Å². The van der Waals surface area contributed by atoms with E-state index in [1.165, 1.54) is 20.3 Å². The number of esters is 1. The number of benzene rings is 2. The lowest BCUT2D eigenvalue weighted by molar-refractivity contribution is -0.149. The molecule has 7 heteroatoms. The predicted octanol–water partition coefficient (Wildman–Crippen LogP) is 4.03. The molecular weight excluding hydrogens is 370 g/mol. The SMILES string of the molecule is CCC(C(=O)OCC(=O)Nc1cc(OC)c(Cl)cc1OC)c1ccccc1. The van der Waals surface area contributed by atoms with Crippen LogP contribution in [0.1, 0.15) is 24.8 Å². The maximum Gasteiger partial charge on any atom is 0.313 e. The van der Waals surface area contributed by atoms with Crippen molar-refractivity contribution in [3.05, 3.63) is 53.1 Å². The van der Waals surface area contributed by atoms with E-state index in [2.05, 4.69) is 5.32 Å². The van der Waals surface area contributed by atoms with Crippen LogP contribution in [0.25, 0.3) is 0 Å². The van der Waals surface area contributed by atoms with E-state index < -0.39 is 24.4 Å². The third-order valence-corrected chi connectivity index (χ3v) is 4.28. The fraction of sp³-hybridized carbons (Fsp3) is 0.300. The van der Waals surface area contributed by atoms with E-state index >= 15 is 0 Å². The topological polar surface area (TPSA) is 73.9 Å². The van der Waals surface area contributed by atoms with Gasteiger partial charge in [0.25, 0.3) is 5.91 Å². The van der Waals surface area contributed by atoms with Crippen molar-refractivity contribution in [1.29, 1.82) is 0 Å². The summed E-state index contributed by atoms with van der Waals surface area (Å²) < 4.78 is 15.5. The zero-order valence-electron chi connectivity index (χ0n) is 15.5. The smallest absolute Gasteiger partial charge is 0.313 e. The zero-order valence-corrected chi connectivity index (χ0v) is 16.2. The van der Waals surface area contributed by atoms with Gasteiger partial charge in [0.2, 0.25) is 0 Å². The number of hydrogen-bond acceptors (Lipinski definition) is 5. The van der Waals surface area contributed by atoms with Gasteiger partial charge in [0.05, 0.1) is 30.8 Å². The normalized spacial score (nSPS) is 11.4. The fourth-order valence-electron chi connectivity index (χ4n) is 2.61. The summed E-state index contributed by atoms with van der Waals surface area (Å²) in [6, 6.07) is 12.4. The van der Waals surface area contributed by atoms with E-state index in [9.17, 15) is 9.59 Å². The van der Waals surface area contributed by atoms with Crippen LogP contribution in [-0.2, 0) is 14.3 Å². The number of rotatable bonds is 8. The molecule has 1 N–H and O–H groups in total. The second-order valence-corrected chi connectivity index (χ2v) is 6.12. The first-order valence-corrected chi connectivity index (χ1v) is 8.80. The molecule has 0 fully saturated rings. The maximum atomic E-state index is 12.3. The van der Waals surface area contributed by atoms with Crippen molar-refractivity contribution in [3.63, 3.8) is 0 Å². The Morgan fingerprint density at radius 2 is 1.74 bits per heavy atom. The number of methoxy groups -OCH3 is 2. The number of carbonyl (C=O) groups excluding carboxylic acids is 2. The average Bonchev–Trinajstić information content (AvgIpc) is 2.68. The lowest BCUT2D eigenvalue weighted by Gasteiger charge is -2.15. The Kier molecular flexibility index (Phi) is 7.49. The Bertz CT molecular complexity index is 794. The summed E-state index contributed by atoms with van der Waals surface area (Å²) >= 11 is 6.04. The predicted molar refractivity (Wildman–Crippen MR) is 104 cm³/mol. The molecule has 1 unspecified atom stereocenters. The van der Waals surface area contributed by atoms with Crippen LogP contribution in [-0.4, -0.2) is 32.7 Å². The number of nitrogens with one attached hydrogen (secondary N) is 1. The van der Waals surface area contributed by atoms with Crippen LogP contribution >= 0.6 is 11.6 Å². The summed E-state index contributed by atoms with van der Waals surface area (Å²) in [7, 11) is 2.93. The summed E-state index contributed by atoms with van der Waals surface area (Å²) in [4.78, 5) is 24.5. The molecule has 1 amide bonds. The van der Waals surface area contributed by atoms with Gasteiger partial charge >= 0.3 is 5.97 Å². The number of hydrogen-bond donors (Lipinski definition) is 1. The first kappa shape index (κ1) is 20.6. The van der Waals surface area contributed by atoms with Crippen molar-refractivity contribution >= 4 is 29.2 Å². The van der Waals surface area contributed by atoms with E-state index in [0.717, 1.165) is 5.56 Å². The highest BCUT2D eigenvalue weighted by Crippen LogP contribution is 2.35.